The van der Waals surface area contributed by atoms with Gasteiger partial charge in [-0.15, -0.1) is 0 Å². The summed E-state index contributed by atoms with van der Waals surface area (Å²) in [7, 11) is 0. The Kier molecular flexibility index (Phi) is 2.26. The van der Waals surface area contributed by atoms with E-state index in [2.05, 4.69) is 0 Å². The lowest BCUT2D eigenvalue weighted by atomic mass is 9.54. The van der Waals surface area contributed by atoms with Gasteiger partial charge in [0.05, 0.1) is 17.8 Å². The van der Waals surface area contributed by atoms with E-state index in [0.29, 0.717) is 17.4 Å². The molecule has 4 aliphatic rings. The molecule has 4 fully saturated rings. The van der Waals surface area contributed by atoms with E-state index < -0.39 is 0 Å². The standard InChI is InChI=1S/C18H20O3/c19-16(12-5-2-1-3-6-12)21-18-10-9-17(11-20-17)15(18)13-7-4-8-14(13)18/h1-3,5-6,13-15H,4,7-11H2/t13-,14+,15-,17-,18+/m0/s1. The summed E-state index contributed by atoms with van der Waals surface area (Å²) in [5.74, 6) is 1.63. The van der Waals surface area contributed by atoms with E-state index in [1.54, 1.807) is 0 Å². The summed E-state index contributed by atoms with van der Waals surface area (Å²) in [4.78, 5) is 12.5. The van der Waals surface area contributed by atoms with Crippen molar-refractivity contribution >= 4 is 5.97 Å². The summed E-state index contributed by atoms with van der Waals surface area (Å²) in [5, 5.41) is 0. The number of benzene rings is 1. The van der Waals surface area contributed by atoms with Crippen LogP contribution in [0.25, 0.3) is 0 Å². The van der Waals surface area contributed by atoms with Gasteiger partial charge in [-0.1, -0.05) is 24.6 Å². The number of epoxide rings is 1. The van der Waals surface area contributed by atoms with Gasteiger partial charge >= 0.3 is 5.97 Å². The van der Waals surface area contributed by atoms with Crippen LogP contribution >= 0.6 is 0 Å². The summed E-state index contributed by atoms with van der Waals surface area (Å²) in [6, 6.07) is 9.40. The van der Waals surface area contributed by atoms with Crippen LogP contribution in [0.2, 0.25) is 0 Å². The van der Waals surface area contributed by atoms with Crippen LogP contribution in [-0.2, 0) is 9.47 Å². The zero-order valence-corrected chi connectivity index (χ0v) is 12.1. The van der Waals surface area contributed by atoms with Gasteiger partial charge in [0.15, 0.2) is 0 Å². The summed E-state index contributed by atoms with van der Waals surface area (Å²) in [6.07, 6.45) is 5.88. The van der Waals surface area contributed by atoms with E-state index in [0.717, 1.165) is 25.4 Å². The molecule has 0 aromatic heterocycles. The van der Waals surface area contributed by atoms with Crippen molar-refractivity contribution in [3.8, 4) is 0 Å². The molecule has 3 nitrogen and oxygen atoms in total. The molecule has 21 heavy (non-hydrogen) atoms. The van der Waals surface area contributed by atoms with Crippen molar-refractivity contribution in [1.29, 1.82) is 0 Å². The number of esters is 1. The number of ether oxygens (including phenoxy) is 2. The number of rotatable bonds is 2. The molecule has 3 heteroatoms. The Balaban J connectivity index is 1.46. The Morgan fingerprint density at radius 3 is 2.76 bits per heavy atom. The van der Waals surface area contributed by atoms with Gasteiger partial charge in [0, 0.05) is 11.8 Å². The van der Waals surface area contributed by atoms with E-state index in [1.807, 2.05) is 30.3 Å². The molecule has 0 N–H and O–H groups in total. The summed E-state index contributed by atoms with van der Waals surface area (Å²) in [6.45, 7) is 0.880. The summed E-state index contributed by atoms with van der Waals surface area (Å²) in [5.41, 5.74) is 0.525. The Labute approximate surface area is 124 Å². The number of hydrogen-bond acceptors (Lipinski definition) is 3. The second-order valence-electron chi connectivity index (χ2n) is 7.24. The fraction of sp³-hybridized carbons (Fsp3) is 0.611. The number of fused-ring (bicyclic) bond motifs is 5. The molecule has 1 spiro atoms. The highest BCUT2D eigenvalue weighted by Crippen LogP contribution is 2.72. The average molecular weight is 284 g/mol. The normalized spacial score (nSPS) is 45.8. The zero-order chi connectivity index (χ0) is 14.1. The molecule has 1 aromatic carbocycles. The van der Waals surface area contributed by atoms with Gasteiger partial charge in [-0.05, 0) is 43.7 Å². The fourth-order valence-corrected chi connectivity index (χ4v) is 5.62. The third kappa shape index (κ3) is 1.45. The second kappa shape index (κ2) is 3.89. The number of carbonyl (C=O) groups is 1. The van der Waals surface area contributed by atoms with Crippen LogP contribution in [0.3, 0.4) is 0 Å². The highest BCUT2D eigenvalue weighted by Gasteiger charge is 2.78. The highest BCUT2D eigenvalue weighted by molar-refractivity contribution is 5.89. The van der Waals surface area contributed by atoms with Gasteiger partial charge in [0.2, 0.25) is 0 Å². The Morgan fingerprint density at radius 2 is 2.00 bits per heavy atom. The van der Waals surface area contributed by atoms with E-state index in [-0.39, 0.29) is 17.2 Å². The second-order valence-corrected chi connectivity index (χ2v) is 7.24. The highest BCUT2D eigenvalue weighted by atomic mass is 16.6. The molecule has 5 rings (SSSR count). The molecule has 1 heterocycles. The topological polar surface area (TPSA) is 38.8 Å². The third-order valence-electron chi connectivity index (χ3n) is 6.46. The largest absolute Gasteiger partial charge is 0.455 e. The SMILES string of the molecule is O=C(O[C@@]12CC[C@]3(CO3)[C@@H]1[C@H]1CCC[C@H]12)c1ccccc1. The Hall–Kier alpha value is -1.35. The molecule has 0 amide bonds. The minimum atomic E-state index is -0.218. The molecule has 0 radical (unpaired) electrons. The van der Waals surface area contributed by atoms with E-state index in [4.69, 9.17) is 9.47 Å². The van der Waals surface area contributed by atoms with Crippen molar-refractivity contribution in [2.75, 3.05) is 6.61 Å². The lowest BCUT2D eigenvalue weighted by molar-refractivity contribution is -0.182. The Bertz CT molecular complexity index is 592. The molecule has 0 bridgehead atoms. The van der Waals surface area contributed by atoms with Crippen LogP contribution in [-0.4, -0.2) is 23.8 Å². The minimum Gasteiger partial charge on any atom is -0.455 e. The van der Waals surface area contributed by atoms with Gasteiger partial charge in [0.1, 0.15) is 5.60 Å². The van der Waals surface area contributed by atoms with E-state index in [9.17, 15) is 4.79 Å². The van der Waals surface area contributed by atoms with E-state index in [1.165, 1.54) is 19.3 Å². The zero-order valence-electron chi connectivity index (χ0n) is 12.1. The third-order valence-corrected chi connectivity index (χ3v) is 6.46. The van der Waals surface area contributed by atoms with Crippen molar-refractivity contribution in [3.05, 3.63) is 35.9 Å². The quantitative estimate of drug-likeness (QED) is 0.618. The molecule has 5 atom stereocenters. The Morgan fingerprint density at radius 1 is 1.19 bits per heavy atom. The molecule has 1 aliphatic heterocycles. The molecular weight excluding hydrogens is 264 g/mol. The smallest absolute Gasteiger partial charge is 0.338 e. The first-order valence-corrected chi connectivity index (χ1v) is 8.18. The van der Waals surface area contributed by atoms with Crippen molar-refractivity contribution in [2.45, 2.75) is 43.3 Å². The van der Waals surface area contributed by atoms with Gasteiger partial charge in [-0.3, -0.25) is 0 Å². The van der Waals surface area contributed by atoms with Crippen molar-refractivity contribution in [2.24, 2.45) is 17.8 Å². The molecule has 1 aromatic rings. The molecule has 110 valence electrons. The van der Waals surface area contributed by atoms with Crippen LogP contribution in [0.5, 0.6) is 0 Å². The first-order valence-electron chi connectivity index (χ1n) is 8.18. The number of carbonyl (C=O) groups excluding carboxylic acids is 1. The summed E-state index contributed by atoms with van der Waals surface area (Å²) < 4.78 is 12.0. The molecule has 3 saturated carbocycles. The molecule has 0 unspecified atom stereocenters. The predicted molar refractivity (Wildman–Crippen MR) is 76.8 cm³/mol. The van der Waals surface area contributed by atoms with Crippen LogP contribution in [0.15, 0.2) is 30.3 Å². The van der Waals surface area contributed by atoms with Crippen LogP contribution < -0.4 is 0 Å². The number of hydrogen-bond donors (Lipinski definition) is 0. The van der Waals surface area contributed by atoms with Gasteiger partial charge < -0.3 is 9.47 Å². The van der Waals surface area contributed by atoms with Gasteiger partial charge in [-0.25, -0.2) is 4.79 Å². The average Bonchev–Trinajstić information content (AvgIpc) is 3.05. The lowest BCUT2D eigenvalue weighted by Crippen LogP contribution is -2.63. The maximum Gasteiger partial charge on any atom is 0.338 e. The van der Waals surface area contributed by atoms with Gasteiger partial charge in [-0.2, -0.15) is 0 Å². The van der Waals surface area contributed by atoms with E-state index >= 15 is 0 Å². The van der Waals surface area contributed by atoms with Crippen LogP contribution in [0.1, 0.15) is 42.5 Å². The maximum absolute atomic E-state index is 12.5. The first-order chi connectivity index (χ1) is 10.3. The lowest BCUT2D eigenvalue weighted by Gasteiger charge is -2.55. The molecular formula is C18H20O3. The molecule has 3 aliphatic carbocycles. The monoisotopic (exact) mass is 284 g/mol. The van der Waals surface area contributed by atoms with Crippen molar-refractivity contribution < 1.29 is 14.3 Å². The minimum absolute atomic E-state index is 0.0719. The van der Waals surface area contributed by atoms with Crippen molar-refractivity contribution in [1.82, 2.24) is 0 Å². The fourth-order valence-electron chi connectivity index (χ4n) is 5.62. The predicted octanol–water partition coefficient (Wildman–Crippen LogP) is 3.19. The van der Waals surface area contributed by atoms with Crippen molar-refractivity contribution in [3.63, 3.8) is 0 Å². The summed E-state index contributed by atoms with van der Waals surface area (Å²) >= 11 is 0. The molecule has 1 saturated heterocycles. The van der Waals surface area contributed by atoms with Gasteiger partial charge in [0.25, 0.3) is 0 Å². The van der Waals surface area contributed by atoms with Crippen LogP contribution in [0.4, 0.5) is 0 Å². The maximum atomic E-state index is 12.5. The van der Waals surface area contributed by atoms with Crippen LogP contribution in [0, 0.1) is 17.8 Å². The first kappa shape index (κ1) is 12.2.